The van der Waals surface area contributed by atoms with Crippen LogP contribution in [-0.4, -0.2) is 23.9 Å². The topological polar surface area (TPSA) is 52.0 Å². The molecule has 0 aliphatic rings. The lowest BCUT2D eigenvalue weighted by atomic mass is 9.77. The molecule has 0 aliphatic carbocycles. The first-order valence-electron chi connectivity index (χ1n) is 12.7. The van der Waals surface area contributed by atoms with Crippen molar-refractivity contribution in [1.29, 1.82) is 0 Å². The summed E-state index contributed by atoms with van der Waals surface area (Å²) in [6, 6.07) is 19.9. The van der Waals surface area contributed by atoms with Crippen molar-refractivity contribution in [3.05, 3.63) is 130 Å². The van der Waals surface area contributed by atoms with E-state index in [-0.39, 0.29) is 12.8 Å². The summed E-state index contributed by atoms with van der Waals surface area (Å²) >= 11 is 0. The minimum Gasteiger partial charge on any atom is -0.399 e. The van der Waals surface area contributed by atoms with Crippen LogP contribution >= 0.6 is 0 Å². The van der Waals surface area contributed by atoms with Crippen molar-refractivity contribution in [2.45, 2.75) is 42.5 Å². The Hall–Kier alpha value is -4.22. The van der Waals surface area contributed by atoms with Gasteiger partial charge in [-0.15, -0.1) is 0 Å². The number of alkyl halides is 10. The van der Waals surface area contributed by atoms with E-state index in [0.717, 1.165) is 24.3 Å². The smallest absolute Gasteiger partial charge is 0.399 e. The van der Waals surface area contributed by atoms with Crippen LogP contribution in [0, 0.1) is 0 Å². The van der Waals surface area contributed by atoms with E-state index in [2.05, 4.69) is 0 Å². The molecule has 0 amide bonds. The molecule has 0 heterocycles. The predicted molar refractivity (Wildman–Crippen MR) is 143 cm³/mol. The van der Waals surface area contributed by atoms with Crippen molar-refractivity contribution in [1.82, 2.24) is 0 Å². The van der Waals surface area contributed by atoms with E-state index < -0.39 is 40.7 Å². The lowest BCUT2D eigenvalue weighted by Crippen LogP contribution is -2.66. The van der Waals surface area contributed by atoms with Gasteiger partial charge in [-0.3, -0.25) is 0 Å². The molecular weight excluding hydrogens is 590 g/mol. The van der Waals surface area contributed by atoms with Crippen LogP contribution in [0.1, 0.15) is 33.4 Å². The maximum Gasteiger partial charge on any atom is 0.460 e. The number of rotatable bonds is 9. The van der Waals surface area contributed by atoms with E-state index in [9.17, 15) is 30.7 Å². The monoisotopic (exact) mass is 614 g/mol. The van der Waals surface area contributed by atoms with Crippen LogP contribution in [0.4, 0.5) is 55.3 Å². The Morgan fingerprint density at radius 2 is 0.651 bits per heavy atom. The number of nitrogens with two attached hydrogens (primary N) is 2. The molecule has 2 nitrogen and oxygen atoms in total. The number of anilines is 2. The summed E-state index contributed by atoms with van der Waals surface area (Å²) in [6.07, 6.45) is -6.77. The SMILES string of the molecule is Nc1ccc(Cc2ccc(C(F)(c3ccc(Cc4ccc(N)cc4)cc3)C(F)(F)C(F)(F)C(F)(F)C(F)(F)F)cc2)cc1. The van der Waals surface area contributed by atoms with Crippen molar-refractivity contribution in [2.75, 3.05) is 11.5 Å². The molecule has 4 aromatic carbocycles. The average molecular weight is 615 g/mol. The second-order valence-electron chi connectivity index (χ2n) is 10.1. The highest BCUT2D eigenvalue weighted by atomic mass is 19.4. The van der Waals surface area contributed by atoms with Gasteiger partial charge in [-0.2, -0.15) is 39.5 Å². The zero-order valence-corrected chi connectivity index (χ0v) is 22.1. The zero-order valence-electron chi connectivity index (χ0n) is 22.1. The first-order chi connectivity index (χ1) is 19.9. The molecule has 0 unspecified atom stereocenters. The largest absolute Gasteiger partial charge is 0.460 e. The lowest BCUT2D eigenvalue weighted by Gasteiger charge is -2.41. The van der Waals surface area contributed by atoms with E-state index >= 15 is 13.2 Å². The summed E-state index contributed by atoms with van der Waals surface area (Å²) in [5.74, 6) is -21.1. The Morgan fingerprint density at radius 3 is 0.930 bits per heavy atom. The molecule has 0 radical (unpaired) electrons. The fourth-order valence-electron chi connectivity index (χ4n) is 4.57. The fourth-order valence-corrected chi connectivity index (χ4v) is 4.57. The second-order valence-corrected chi connectivity index (χ2v) is 10.1. The van der Waals surface area contributed by atoms with Gasteiger partial charge in [-0.25, -0.2) is 4.39 Å². The molecule has 12 heteroatoms. The Bertz CT molecular complexity index is 1440. The van der Waals surface area contributed by atoms with E-state index in [1.807, 2.05) is 0 Å². The Kier molecular flexibility index (Phi) is 8.20. The van der Waals surface area contributed by atoms with Gasteiger partial charge >= 0.3 is 23.9 Å². The standard InChI is InChI=1S/C31H24F10N2/c32-27(28(33,34)29(35,36)30(37,38)31(39,40)41,23-9-1-19(2-10-23)17-21-5-13-25(42)14-6-21)24-11-3-20(4-12-24)18-22-7-15-26(43)16-8-22/h1-16H,17-18,42-43H2. The second kappa shape index (κ2) is 11.1. The van der Waals surface area contributed by atoms with Crippen LogP contribution in [0.25, 0.3) is 0 Å². The van der Waals surface area contributed by atoms with E-state index in [4.69, 9.17) is 11.5 Å². The third kappa shape index (κ3) is 5.74. The highest BCUT2D eigenvalue weighted by molar-refractivity contribution is 5.46. The minimum atomic E-state index is -7.27. The maximum absolute atomic E-state index is 16.7. The molecule has 228 valence electrons. The van der Waals surface area contributed by atoms with Crippen molar-refractivity contribution in [3.8, 4) is 0 Å². The van der Waals surface area contributed by atoms with Gasteiger partial charge in [0.05, 0.1) is 0 Å². The quantitative estimate of drug-likeness (QED) is 0.146. The van der Waals surface area contributed by atoms with Crippen LogP contribution in [0.5, 0.6) is 0 Å². The first kappa shape index (κ1) is 31.7. The molecule has 0 aromatic heterocycles. The summed E-state index contributed by atoms with van der Waals surface area (Å²) in [4.78, 5) is 0. The summed E-state index contributed by atoms with van der Waals surface area (Å²) in [5.41, 5.74) is 6.99. The van der Waals surface area contributed by atoms with Gasteiger partial charge in [-0.05, 0) is 70.5 Å². The number of nitrogen functional groups attached to an aromatic ring is 2. The van der Waals surface area contributed by atoms with Gasteiger partial charge in [-0.1, -0.05) is 72.8 Å². The van der Waals surface area contributed by atoms with Crippen LogP contribution in [0.15, 0.2) is 97.1 Å². The molecule has 0 spiro atoms. The molecule has 4 N–H and O–H groups in total. The highest BCUT2D eigenvalue weighted by Gasteiger charge is 2.86. The maximum atomic E-state index is 16.7. The molecule has 43 heavy (non-hydrogen) atoms. The molecule has 4 aromatic rings. The van der Waals surface area contributed by atoms with Gasteiger partial charge < -0.3 is 11.5 Å². The summed E-state index contributed by atoms with van der Waals surface area (Å²) in [5, 5.41) is 0. The minimum absolute atomic E-state index is 0.165. The fraction of sp³-hybridized carbons (Fsp3) is 0.226. The molecular formula is C31H24F10N2. The first-order valence-corrected chi connectivity index (χ1v) is 12.7. The molecule has 0 saturated carbocycles. The van der Waals surface area contributed by atoms with E-state index in [1.54, 1.807) is 48.5 Å². The van der Waals surface area contributed by atoms with Gasteiger partial charge in [0.2, 0.25) is 5.67 Å². The van der Waals surface area contributed by atoms with Crippen molar-refractivity contribution in [2.24, 2.45) is 0 Å². The molecule has 0 saturated heterocycles. The summed E-state index contributed by atoms with van der Waals surface area (Å²) < 4.78 is 144. The zero-order chi connectivity index (χ0) is 31.8. The summed E-state index contributed by atoms with van der Waals surface area (Å²) in [7, 11) is 0. The number of hydrogen-bond donors (Lipinski definition) is 2. The lowest BCUT2D eigenvalue weighted by molar-refractivity contribution is -0.410. The Labute approximate surface area is 239 Å². The van der Waals surface area contributed by atoms with E-state index in [1.165, 1.54) is 0 Å². The highest BCUT2D eigenvalue weighted by Crippen LogP contribution is 2.61. The third-order valence-corrected chi connectivity index (χ3v) is 7.06. The summed E-state index contributed by atoms with van der Waals surface area (Å²) in [6.45, 7) is 0. The van der Waals surface area contributed by atoms with E-state index in [0.29, 0.717) is 57.9 Å². The van der Waals surface area contributed by atoms with Crippen LogP contribution in [0.3, 0.4) is 0 Å². The van der Waals surface area contributed by atoms with Gasteiger partial charge in [0.15, 0.2) is 0 Å². The predicted octanol–water partition coefficient (Wildman–Crippen LogP) is 8.71. The van der Waals surface area contributed by atoms with Crippen LogP contribution < -0.4 is 11.5 Å². The Morgan fingerprint density at radius 1 is 0.372 bits per heavy atom. The molecule has 0 fully saturated rings. The Balaban J connectivity index is 1.79. The number of halogens is 10. The van der Waals surface area contributed by atoms with Gasteiger partial charge in [0, 0.05) is 11.4 Å². The number of benzene rings is 4. The van der Waals surface area contributed by atoms with Crippen molar-refractivity contribution in [3.63, 3.8) is 0 Å². The molecule has 0 aliphatic heterocycles. The van der Waals surface area contributed by atoms with Gasteiger partial charge in [0.25, 0.3) is 0 Å². The van der Waals surface area contributed by atoms with Crippen LogP contribution in [0.2, 0.25) is 0 Å². The van der Waals surface area contributed by atoms with Gasteiger partial charge in [0.1, 0.15) is 0 Å². The van der Waals surface area contributed by atoms with Crippen molar-refractivity contribution < 1.29 is 43.9 Å². The normalized spacial score (nSPS) is 13.3. The third-order valence-electron chi connectivity index (χ3n) is 7.06. The average Bonchev–Trinajstić information content (AvgIpc) is 2.95. The van der Waals surface area contributed by atoms with Crippen LogP contribution in [-0.2, 0) is 18.5 Å². The molecule has 0 bridgehead atoms. The molecule has 0 atom stereocenters. The number of hydrogen-bond acceptors (Lipinski definition) is 2. The van der Waals surface area contributed by atoms with Crippen molar-refractivity contribution >= 4 is 11.4 Å². The molecule has 4 rings (SSSR count).